The molecule has 2 aromatic rings. The van der Waals surface area contributed by atoms with Crippen LogP contribution in [0.4, 0.5) is 0 Å². The zero-order valence-corrected chi connectivity index (χ0v) is 10.9. The average Bonchev–Trinajstić information content (AvgIpc) is 2.84. The number of nitrogens with zero attached hydrogens (tertiary/aromatic N) is 2. The molecule has 0 fully saturated rings. The number of aryl methyl sites for hydroxylation is 1. The summed E-state index contributed by atoms with van der Waals surface area (Å²) in [6, 6.07) is 6.33. The minimum Gasteiger partial charge on any atom is -0.383 e. The fraction of sp³-hybridized carbons (Fsp3) is 0.357. The standard InChI is InChI=1S/C14H19N3O/c1-11-3-4-14(12(7-11)8-15)13-9-16-17(10-13)5-6-18-2/h3-4,7,9-10H,5-6,8,15H2,1-2H3. The van der Waals surface area contributed by atoms with Crippen LogP contribution in [0.25, 0.3) is 11.1 Å². The summed E-state index contributed by atoms with van der Waals surface area (Å²) in [5.41, 5.74) is 10.4. The predicted molar refractivity (Wildman–Crippen MR) is 72.2 cm³/mol. The summed E-state index contributed by atoms with van der Waals surface area (Å²) < 4.78 is 6.93. The fourth-order valence-corrected chi connectivity index (χ4v) is 1.98. The zero-order valence-electron chi connectivity index (χ0n) is 10.9. The van der Waals surface area contributed by atoms with Gasteiger partial charge in [0.2, 0.25) is 0 Å². The highest BCUT2D eigenvalue weighted by Gasteiger charge is 2.06. The van der Waals surface area contributed by atoms with Gasteiger partial charge in [0.15, 0.2) is 0 Å². The Bertz CT molecular complexity index is 520. The maximum absolute atomic E-state index is 5.80. The Morgan fingerprint density at radius 3 is 2.94 bits per heavy atom. The minimum atomic E-state index is 0.542. The van der Waals surface area contributed by atoms with E-state index in [1.54, 1.807) is 7.11 Å². The van der Waals surface area contributed by atoms with Gasteiger partial charge in [-0.15, -0.1) is 0 Å². The third kappa shape index (κ3) is 2.78. The number of methoxy groups -OCH3 is 1. The van der Waals surface area contributed by atoms with Crippen molar-refractivity contribution in [3.8, 4) is 11.1 Å². The lowest BCUT2D eigenvalue weighted by atomic mass is 10.0. The van der Waals surface area contributed by atoms with Crippen LogP contribution in [-0.4, -0.2) is 23.5 Å². The highest BCUT2D eigenvalue weighted by atomic mass is 16.5. The molecule has 0 atom stereocenters. The molecule has 0 saturated carbocycles. The van der Waals surface area contributed by atoms with E-state index in [-0.39, 0.29) is 0 Å². The molecule has 0 radical (unpaired) electrons. The maximum Gasteiger partial charge on any atom is 0.0658 e. The zero-order chi connectivity index (χ0) is 13.0. The number of hydrogen-bond acceptors (Lipinski definition) is 3. The second-order valence-corrected chi connectivity index (χ2v) is 4.35. The molecule has 1 aromatic carbocycles. The molecule has 18 heavy (non-hydrogen) atoms. The largest absolute Gasteiger partial charge is 0.383 e. The summed E-state index contributed by atoms with van der Waals surface area (Å²) in [6.07, 6.45) is 3.91. The van der Waals surface area contributed by atoms with Crippen molar-refractivity contribution in [2.24, 2.45) is 5.73 Å². The molecular formula is C14H19N3O. The number of ether oxygens (including phenoxy) is 1. The minimum absolute atomic E-state index is 0.542. The van der Waals surface area contributed by atoms with Gasteiger partial charge in [0.1, 0.15) is 0 Å². The van der Waals surface area contributed by atoms with Gasteiger partial charge in [-0.1, -0.05) is 23.8 Å². The Balaban J connectivity index is 2.28. The normalized spacial score (nSPS) is 10.8. The van der Waals surface area contributed by atoms with Crippen molar-refractivity contribution in [1.29, 1.82) is 0 Å². The number of benzene rings is 1. The number of aromatic nitrogens is 2. The first-order chi connectivity index (χ1) is 8.74. The lowest BCUT2D eigenvalue weighted by Crippen LogP contribution is -2.04. The highest BCUT2D eigenvalue weighted by Crippen LogP contribution is 2.24. The van der Waals surface area contributed by atoms with Crippen LogP contribution in [-0.2, 0) is 17.8 Å². The van der Waals surface area contributed by atoms with Crippen molar-refractivity contribution < 1.29 is 4.74 Å². The predicted octanol–water partition coefficient (Wildman–Crippen LogP) is 1.96. The van der Waals surface area contributed by atoms with Gasteiger partial charge < -0.3 is 10.5 Å². The molecule has 4 heteroatoms. The molecule has 4 nitrogen and oxygen atoms in total. The van der Waals surface area contributed by atoms with Crippen LogP contribution in [0.1, 0.15) is 11.1 Å². The Labute approximate surface area is 107 Å². The van der Waals surface area contributed by atoms with E-state index in [9.17, 15) is 0 Å². The molecule has 96 valence electrons. The molecule has 2 rings (SSSR count). The van der Waals surface area contributed by atoms with Crippen molar-refractivity contribution in [2.45, 2.75) is 20.0 Å². The van der Waals surface area contributed by atoms with Gasteiger partial charge in [0, 0.05) is 25.4 Å². The molecule has 0 unspecified atom stereocenters. The Hall–Kier alpha value is -1.65. The van der Waals surface area contributed by atoms with Gasteiger partial charge in [-0.3, -0.25) is 4.68 Å². The summed E-state index contributed by atoms with van der Waals surface area (Å²) in [5.74, 6) is 0. The molecule has 0 amide bonds. The van der Waals surface area contributed by atoms with E-state index in [0.717, 1.165) is 23.2 Å². The van der Waals surface area contributed by atoms with E-state index in [0.29, 0.717) is 13.2 Å². The molecule has 0 aliphatic rings. The maximum atomic E-state index is 5.80. The first-order valence-corrected chi connectivity index (χ1v) is 6.06. The first kappa shape index (κ1) is 12.8. The first-order valence-electron chi connectivity index (χ1n) is 6.06. The van der Waals surface area contributed by atoms with Crippen molar-refractivity contribution in [1.82, 2.24) is 9.78 Å². The van der Waals surface area contributed by atoms with Crippen molar-refractivity contribution >= 4 is 0 Å². The van der Waals surface area contributed by atoms with Crippen LogP contribution in [0.15, 0.2) is 30.6 Å². The summed E-state index contributed by atoms with van der Waals surface area (Å²) >= 11 is 0. The van der Waals surface area contributed by atoms with E-state index in [1.165, 1.54) is 5.56 Å². The second kappa shape index (κ2) is 5.80. The van der Waals surface area contributed by atoms with Crippen LogP contribution < -0.4 is 5.73 Å². The van der Waals surface area contributed by atoms with Gasteiger partial charge in [0.05, 0.1) is 19.3 Å². The number of rotatable bonds is 5. The lowest BCUT2D eigenvalue weighted by molar-refractivity contribution is 0.183. The molecule has 1 heterocycles. The molecule has 0 spiro atoms. The Morgan fingerprint density at radius 2 is 2.22 bits per heavy atom. The summed E-state index contributed by atoms with van der Waals surface area (Å²) in [4.78, 5) is 0. The summed E-state index contributed by atoms with van der Waals surface area (Å²) in [7, 11) is 1.69. The number of hydrogen-bond donors (Lipinski definition) is 1. The van der Waals surface area contributed by atoms with Crippen molar-refractivity contribution in [3.05, 3.63) is 41.7 Å². The van der Waals surface area contributed by atoms with Crippen LogP contribution in [0.5, 0.6) is 0 Å². The van der Waals surface area contributed by atoms with Crippen LogP contribution in [0.2, 0.25) is 0 Å². The van der Waals surface area contributed by atoms with Crippen LogP contribution in [0.3, 0.4) is 0 Å². The van der Waals surface area contributed by atoms with Gasteiger partial charge in [-0.2, -0.15) is 5.10 Å². The van der Waals surface area contributed by atoms with Crippen molar-refractivity contribution in [3.63, 3.8) is 0 Å². The third-order valence-electron chi connectivity index (χ3n) is 2.95. The molecular weight excluding hydrogens is 226 g/mol. The van der Waals surface area contributed by atoms with E-state index >= 15 is 0 Å². The second-order valence-electron chi connectivity index (χ2n) is 4.35. The molecule has 0 saturated heterocycles. The van der Waals surface area contributed by atoms with Crippen LogP contribution in [0, 0.1) is 6.92 Å². The van der Waals surface area contributed by atoms with Gasteiger partial charge in [0.25, 0.3) is 0 Å². The monoisotopic (exact) mass is 245 g/mol. The summed E-state index contributed by atoms with van der Waals surface area (Å²) in [6.45, 7) is 4.05. The smallest absolute Gasteiger partial charge is 0.0658 e. The molecule has 0 bridgehead atoms. The molecule has 2 N–H and O–H groups in total. The number of nitrogens with two attached hydrogens (primary N) is 1. The Kier molecular flexibility index (Phi) is 4.12. The van der Waals surface area contributed by atoms with Gasteiger partial charge in [-0.05, 0) is 18.1 Å². The fourth-order valence-electron chi connectivity index (χ4n) is 1.98. The third-order valence-corrected chi connectivity index (χ3v) is 2.95. The van der Waals surface area contributed by atoms with Crippen LogP contribution >= 0.6 is 0 Å². The molecule has 1 aromatic heterocycles. The van der Waals surface area contributed by atoms with Gasteiger partial charge in [-0.25, -0.2) is 0 Å². The molecule has 0 aliphatic carbocycles. The summed E-state index contributed by atoms with van der Waals surface area (Å²) in [5, 5.41) is 4.32. The average molecular weight is 245 g/mol. The topological polar surface area (TPSA) is 53.1 Å². The van der Waals surface area contributed by atoms with Gasteiger partial charge >= 0.3 is 0 Å². The highest BCUT2D eigenvalue weighted by molar-refractivity contribution is 5.66. The SMILES string of the molecule is COCCn1cc(-c2ccc(C)cc2CN)cn1. The Morgan fingerprint density at radius 1 is 1.39 bits per heavy atom. The van der Waals surface area contributed by atoms with Crippen molar-refractivity contribution in [2.75, 3.05) is 13.7 Å². The van der Waals surface area contributed by atoms with E-state index in [4.69, 9.17) is 10.5 Å². The lowest BCUT2D eigenvalue weighted by Gasteiger charge is -2.06. The quantitative estimate of drug-likeness (QED) is 0.876. The van der Waals surface area contributed by atoms with E-state index in [1.807, 2.05) is 17.1 Å². The van der Waals surface area contributed by atoms with E-state index < -0.39 is 0 Å². The van der Waals surface area contributed by atoms with E-state index in [2.05, 4.69) is 30.2 Å². The molecule has 0 aliphatic heterocycles.